The second-order valence-corrected chi connectivity index (χ2v) is 10.7. The molecule has 0 saturated heterocycles. The topological polar surface area (TPSA) is 24.1 Å². The first-order valence-electron chi connectivity index (χ1n) is 13.8. The molecule has 0 saturated carbocycles. The smallest absolute Gasteiger partial charge is 0.0322 e. The normalized spacial score (nSPS) is 14.0. The Hall–Kier alpha value is -0.770. The summed E-state index contributed by atoms with van der Waals surface area (Å²) in [5.41, 5.74) is 4.00. The Kier molecular flexibility index (Phi) is 20.1. The summed E-state index contributed by atoms with van der Waals surface area (Å²) in [7, 11) is 0. The van der Waals surface area contributed by atoms with Crippen molar-refractivity contribution in [1.29, 1.82) is 0 Å². The summed E-state index contributed by atoms with van der Waals surface area (Å²) in [5, 5.41) is 7.59. The Labute approximate surface area is 213 Å². The summed E-state index contributed by atoms with van der Waals surface area (Å²) in [4.78, 5) is 1.20. The van der Waals surface area contributed by atoms with Crippen LogP contribution in [0.2, 0.25) is 0 Å². The Bertz CT molecular complexity index is 566. The maximum Gasteiger partial charge on any atom is 0.0322 e. The molecule has 0 aromatic heterocycles. The molecule has 33 heavy (non-hydrogen) atoms. The van der Waals surface area contributed by atoms with E-state index < -0.39 is 0 Å². The summed E-state index contributed by atoms with van der Waals surface area (Å²) in [5.74, 6) is 0.639. The molecule has 0 heterocycles. The van der Waals surface area contributed by atoms with Gasteiger partial charge in [0.05, 0.1) is 0 Å². The van der Waals surface area contributed by atoms with Crippen molar-refractivity contribution in [1.82, 2.24) is 10.6 Å². The Morgan fingerprint density at radius 3 is 1.85 bits per heavy atom. The van der Waals surface area contributed by atoms with Gasteiger partial charge in [-0.15, -0.1) is 0 Å². The molecule has 0 fully saturated rings. The predicted octanol–water partition coefficient (Wildman–Crippen LogP) is 8.73. The van der Waals surface area contributed by atoms with Gasteiger partial charge in [0.15, 0.2) is 0 Å². The van der Waals surface area contributed by atoms with Crippen molar-refractivity contribution in [3.8, 4) is 0 Å². The van der Waals surface area contributed by atoms with Crippen LogP contribution < -0.4 is 10.6 Å². The maximum atomic E-state index is 5.67. The van der Waals surface area contributed by atoms with Crippen LogP contribution in [0.25, 0.3) is 0 Å². The van der Waals surface area contributed by atoms with Gasteiger partial charge in [-0.25, -0.2) is 0 Å². The molecule has 0 unspecified atom stereocenters. The molecule has 0 bridgehead atoms. The maximum absolute atomic E-state index is 5.67. The molecule has 0 aliphatic rings. The fraction of sp³-hybridized carbons (Fsp3) is 0.767. The number of rotatable bonds is 23. The average Bonchev–Trinajstić information content (AvgIpc) is 2.77. The van der Waals surface area contributed by atoms with E-state index in [2.05, 4.69) is 65.0 Å². The third-order valence-electron chi connectivity index (χ3n) is 6.44. The highest BCUT2D eigenvalue weighted by Gasteiger charge is 2.16. The summed E-state index contributed by atoms with van der Waals surface area (Å²) >= 11 is 5.67. The van der Waals surface area contributed by atoms with E-state index in [0.29, 0.717) is 18.0 Å². The third kappa shape index (κ3) is 16.5. The minimum atomic E-state index is 0.334. The highest BCUT2D eigenvalue weighted by molar-refractivity contribution is 7.80. The molecule has 3 atom stereocenters. The molecule has 2 nitrogen and oxygen atoms in total. The van der Waals surface area contributed by atoms with Gasteiger partial charge in [0.25, 0.3) is 0 Å². The van der Waals surface area contributed by atoms with Crippen molar-refractivity contribution in [2.75, 3.05) is 13.1 Å². The van der Waals surface area contributed by atoms with Crippen LogP contribution >= 0.6 is 12.2 Å². The van der Waals surface area contributed by atoms with Crippen molar-refractivity contribution < 1.29 is 0 Å². The lowest BCUT2D eigenvalue weighted by atomic mass is 9.95. The van der Waals surface area contributed by atoms with E-state index in [1.807, 2.05) is 0 Å². The second kappa shape index (κ2) is 20.6. The number of thiocarbonyl (C=S) groups is 1. The van der Waals surface area contributed by atoms with Crippen LogP contribution in [0.15, 0.2) is 36.5 Å². The fourth-order valence-corrected chi connectivity index (χ4v) is 4.64. The minimum absolute atomic E-state index is 0.334. The van der Waals surface area contributed by atoms with E-state index in [0.717, 1.165) is 64.5 Å². The monoisotopic (exact) mass is 476 g/mol. The molecule has 0 aromatic rings. The summed E-state index contributed by atoms with van der Waals surface area (Å²) in [6, 6.07) is 0.713. The molecule has 0 aliphatic heterocycles. The van der Waals surface area contributed by atoms with Crippen LogP contribution in [0, 0.1) is 5.92 Å². The molecule has 2 N–H and O–H groups in total. The zero-order valence-corrected chi connectivity index (χ0v) is 23.7. The lowest BCUT2D eigenvalue weighted by molar-refractivity contribution is 0.425. The van der Waals surface area contributed by atoms with Crippen LogP contribution in [-0.4, -0.2) is 30.0 Å². The van der Waals surface area contributed by atoms with Gasteiger partial charge >= 0.3 is 0 Å². The lowest BCUT2D eigenvalue weighted by Crippen LogP contribution is -2.36. The van der Waals surface area contributed by atoms with Crippen molar-refractivity contribution in [2.45, 2.75) is 130 Å². The number of nitrogens with one attached hydrogen (secondary N) is 2. The van der Waals surface area contributed by atoms with Gasteiger partial charge < -0.3 is 10.6 Å². The highest BCUT2D eigenvalue weighted by atomic mass is 32.1. The number of unbranched alkanes of at least 4 members (excludes halogenated alkanes) is 1. The molecule has 0 amide bonds. The largest absolute Gasteiger partial charge is 0.310 e. The average molecular weight is 477 g/mol. The molecule has 0 aliphatic carbocycles. The summed E-state index contributed by atoms with van der Waals surface area (Å²) < 4.78 is 0. The first-order valence-corrected chi connectivity index (χ1v) is 14.2. The number of hydrogen-bond acceptors (Lipinski definition) is 3. The minimum Gasteiger partial charge on any atom is -0.310 e. The van der Waals surface area contributed by atoms with E-state index in [1.54, 1.807) is 0 Å². The Morgan fingerprint density at radius 2 is 1.30 bits per heavy atom. The van der Waals surface area contributed by atoms with E-state index >= 15 is 0 Å². The first-order chi connectivity index (χ1) is 15.8. The van der Waals surface area contributed by atoms with Gasteiger partial charge in [0.2, 0.25) is 0 Å². The van der Waals surface area contributed by atoms with Gasteiger partial charge in [0, 0.05) is 12.1 Å². The SMILES string of the molecule is C=C(CCC)C[C@H](NCCC[C@@H](C)CN[C@H](CC(=S)CCCC)C(=C)CCC)C(=C)CCC. The van der Waals surface area contributed by atoms with Crippen LogP contribution in [0.4, 0.5) is 0 Å². The van der Waals surface area contributed by atoms with Crippen LogP contribution in [-0.2, 0) is 0 Å². The molecular formula is C30H56N2S. The zero-order chi connectivity index (χ0) is 25.1. The van der Waals surface area contributed by atoms with Gasteiger partial charge in [-0.3, -0.25) is 0 Å². The third-order valence-corrected chi connectivity index (χ3v) is 6.81. The van der Waals surface area contributed by atoms with E-state index in [-0.39, 0.29) is 0 Å². The Balaban J connectivity index is 4.52. The summed E-state index contributed by atoms with van der Waals surface area (Å²) in [6.45, 7) is 26.4. The van der Waals surface area contributed by atoms with Crippen molar-refractivity contribution in [3.63, 3.8) is 0 Å². The van der Waals surface area contributed by atoms with Crippen LogP contribution in [0.5, 0.6) is 0 Å². The molecule has 192 valence electrons. The molecule has 0 spiro atoms. The summed E-state index contributed by atoms with van der Waals surface area (Å²) in [6.07, 6.45) is 14.7. The van der Waals surface area contributed by atoms with E-state index in [1.165, 1.54) is 53.7 Å². The van der Waals surface area contributed by atoms with Gasteiger partial charge in [-0.1, -0.05) is 109 Å². The lowest BCUT2D eigenvalue weighted by Gasteiger charge is -2.25. The van der Waals surface area contributed by atoms with Crippen molar-refractivity contribution >= 4 is 17.1 Å². The van der Waals surface area contributed by atoms with Gasteiger partial charge in [0.1, 0.15) is 0 Å². The van der Waals surface area contributed by atoms with Gasteiger partial charge in [-0.05, 0) is 81.7 Å². The molecule has 0 rings (SSSR count). The predicted molar refractivity (Wildman–Crippen MR) is 155 cm³/mol. The molecule has 0 radical (unpaired) electrons. The molecular weight excluding hydrogens is 420 g/mol. The second-order valence-electron chi connectivity index (χ2n) is 10.1. The number of hydrogen-bond donors (Lipinski definition) is 2. The van der Waals surface area contributed by atoms with E-state index in [4.69, 9.17) is 12.2 Å². The van der Waals surface area contributed by atoms with Crippen molar-refractivity contribution in [2.24, 2.45) is 5.92 Å². The fourth-order valence-electron chi connectivity index (χ4n) is 4.33. The van der Waals surface area contributed by atoms with Crippen LogP contribution in [0.1, 0.15) is 118 Å². The van der Waals surface area contributed by atoms with Crippen LogP contribution in [0.3, 0.4) is 0 Å². The van der Waals surface area contributed by atoms with E-state index in [9.17, 15) is 0 Å². The molecule has 3 heteroatoms. The Morgan fingerprint density at radius 1 is 0.727 bits per heavy atom. The van der Waals surface area contributed by atoms with Gasteiger partial charge in [-0.2, -0.15) is 0 Å². The standard InChI is InChI=1S/C30H56N2S/c1-9-13-19-28(33)22-30(27(8)17-12-4)32-23-25(6)18-14-20-31-29(26(7)16-11-3)21-24(5)15-10-2/h25,29-32H,5,7-23H2,1-4,6H3/t25-,29+,30-/m1/s1. The van der Waals surface area contributed by atoms with Crippen molar-refractivity contribution in [3.05, 3.63) is 36.5 Å². The highest BCUT2D eigenvalue weighted by Crippen LogP contribution is 2.19. The first kappa shape index (κ1) is 32.2. The quantitative estimate of drug-likeness (QED) is 0.0875. The zero-order valence-electron chi connectivity index (χ0n) is 22.9. The molecule has 0 aromatic carbocycles.